The molecule has 0 radical (unpaired) electrons. The summed E-state index contributed by atoms with van der Waals surface area (Å²) in [6, 6.07) is 7.85. The number of carbonyl (C=O) groups excluding carboxylic acids is 1. The second-order valence-corrected chi connectivity index (χ2v) is 4.95. The number of rotatable bonds is 3. The highest BCUT2D eigenvalue weighted by Gasteiger charge is 2.61. The SMILES string of the molecule is COc1ccc([C@H]2[C@H](C(N)=O)C2(C)C)cc1. The summed E-state index contributed by atoms with van der Waals surface area (Å²) in [7, 11) is 1.64. The summed E-state index contributed by atoms with van der Waals surface area (Å²) in [4.78, 5) is 11.3. The summed E-state index contributed by atoms with van der Waals surface area (Å²) in [5.41, 5.74) is 6.54. The van der Waals surface area contributed by atoms with Gasteiger partial charge < -0.3 is 10.5 Å². The molecule has 0 saturated heterocycles. The van der Waals surface area contributed by atoms with Crippen molar-refractivity contribution in [3.05, 3.63) is 29.8 Å². The van der Waals surface area contributed by atoms with Gasteiger partial charge in [-0.15, -0.1) is 0 Å². The fraction of sp³-hybridized carbons (Fsp3) is 0.462. The molecule has 1 aromatic rings. The second kappa shape index (κ2) is 3.51. The molecule has 0 aromatic heterocycles. The molecule has 3 heteroatoms. The third-order valence-electron chi connectivity index (χ3n) is 3.61. The molecule has 2 atom stereocenters. The average Bonchev–Trinajstić information content (AvgIpc) is 2.82. The minimum Gasteiger partial charge on any atom is -0.497 e. The normalized spacial score (nSPS) is 26.2. The molecular weight excluding hydrogens is 202 g/mol. The standard InChI is InChI=1S/C13H17NO2/c1-13(2)10(11(13)12(14)15)8-4-6-9(16-3)7-5-8/h4-7,10-11H,1-3H3,(H2,14,15)/t10-,11+/m0/s1. The van der Waals surface area contributed by atoms with E-state index in [2.05, 4.69) is 13.8 Å². The molecular formula is C13H17NO2. The number of carbonyl (C=O) groups is 1. The first-order valence-electron chi connectivity index (χ1n) is 5.41. The van der Waals surface area contributed by atoms with Crippen molar-refractivity contribution in [1.29, 1.82) is 0 Å². The van der Waals surface area contributed by atoms with Gasteiger partial charge in [0.25, 0.3) is 0 Å². The first-order valence-corrected chi connectivity index (χ1v) is 5.41. The van der Waals surface area contributed by atoms with Crippen LogP contribution in [-0.2, 0) is 4.79 Å². The zero-order valence-corrected chi connectivity index (χ0v) is 9.86. The van der Waals surface area contributed by atoms with Crippen LogP contribution in [0.4, 0.5) is 0 Å². The molecule has 3 nitrogen and oxygen atoms in total. The van der Waals surface area contributed by atoms with E-state index < -0.39 is 0 Å². The largest absolute Gasteiger partial charge is 0.497 e. The maximum absolute atomic E-state index is 11.3. The Morgan fingerprint density at radius 3 is 2.25 bits per heavy atom. The van der Waals surface area contributed by atoms with Crippen molar-refractivity contribution in [3.8, 4) is 5.75 Å². The number of hydrogen-bond acceptors (Lipinski definition) is 2. The molecule has 0 bridgehead atoms. The highest BCUT2D eigenvalue weighted by molar-refractivity contribution is 5.83. The minimum absolute atomic E-state index is 0.0135. The van der Waals surface area contributed by atoms with E-state index in [1.165, 1.54) is 0 Å². The predicted molar refractivity (Wildman–Crippen MR) is 62.2 cm³/mol. The Hall–Kier alpha value is -1.51. The fourth-order valence-corrected chi connectivity index (χ4v) is 2.60. The van der Waals surface area contributed by atoms with Crippen molar-refractivity contribution in [1.82, 2.24) is 0 Å². The van der Waals surface area contributed by atoms with E-state index in [-0.39, 0.29) is 23.2 Å². The summed E-state index contributed by atoms with van der Waals surface area (Å²) < 4.78 is 5.10. The van der Waals surface area contributed by atoms with Gasteiger partial charge >= 0.3 is 0 Å². The van der Waals surface area contributed by atoms with Crippen molar-refractivity contribution in [2.75, 3.05) is 7.11 Å². The maximum atomic E-state index is 11.3. The van der Waals surface area contributed by atoms with Crippen LogP contribution in [0.3, 0.4) is 0 Å². The van der Waals surface area contributed by atoms with Crippen LogP contribution >= 0.6 is 0 Å². The molecule has 1 aliphatic rings. The summed E-state index contributed by atoms with van der Waals surface area (Å²) in [5.74, 6) is 0.834. The summed E-state index contributed by atoms with van der Waals surface area (Å²) in [6.07, 6.45) is 0. The molecule has 1 aromatic carbocycles. The lowest BCUT2D eigenvalue weighted by Gasteiger charge is -2.04. The molecule has 0 heterocycles. The number of nitrogens with two attached hydrogens (primary N) is 1. The molecule has 0 aliphatic heterocycles. The zero-order chi connectivity index (χ0) is 11.9. The van der Waals surface area contributed by atoms with Gasteiger partial charge in [-0.3, -0.25) is 4.79 Å². The van der Waals surface area contributed by atoms with Crippen LogP contribution in [0.5, 0.6) is 5.75 Å². The van der Waals surface area contributed by atoms with Crippen LogP contribution in [0.15, 0.2) is 24.3 Å². The van der Waals surface area contributed by atoms with Crippen LogP contribution < -0.4 is 10.5 Å². The Labute approximate surface area is 95.6 Å². The molecule has 1 fully saturated rings. The lowest BCUT2D eigenvalue weighted by atomic mass is 10.0. The number of amides is 1. The monoisotopic (exact) mass is 219 g/mol. The van der Waals surface area contributed by atoms with Crippen LogP contribution in [0, 0.1) is 11.3 Å². The van der Waals surface area contributed by atoms with E-state index >= 15 is 0 Å². The topological polar surface area (TPSA) is 52.3 Å². The van der Waals surface area contributed by atoms with Crippen molar-refractivity contribution in [2.45, 2.75) is 19.8 Å². The Morgan fingerprint density at radius 2 is 1.88 bits per heavy atom. The summed E-state index contributed by atoms with van der Waals surface area (Å²) in [5, 5.41) is 0. The highest BCUT2D eigenvalue weighted by Crippen LogP contribution is 2.64. The van der Waals surface area contributed by atoms with Crippen molar-refractivity contribution < 1.29 is 9.53 Å². The molecule has 0 unspecified atom stereocenters. The van der Waals surface area contributed by atoms with Gasteiger partial charge in [0.1, 0.15) is 5.75 Å². The minimum atomic E-state index is -0.203. The van der Waals surface area contributed by atoms with Gasteiger partial charge in [-0.25, -0.2) is 0 Å². The fourth-order valence-electron chi connectivity index (χ4n) is 2.60. The van der Waals surface area contributed by atoms with E-state index in [1.807, 2.05) is 24.3 Å². The number of methoxy groups -OCH3 is 1. The van der Waals surface area contributed by atoms with Gasteiger partial charge in [0.2, 0.25) is 5.91 Å². The highest BCUT2D eigenvalue weighted by atomic mass is 16.5. The zero-order valence-electron chi connectivity index (χ0n) is 9.86. The Morgan fingerprint density at radius 1 is 1.31 bits per heavy atom. The van der Waals surface area contributed by atoms with Crippen LogP contribution in [0.2, 0.25) is 0 Å². The number of hydrogen-bond donors (Lipinski definition) is 1. The lowest BCUT2D eigenvalue weighted by Crippen LogP contribution is -2.16. The van der Waals surface area contributed by atoms with Crippen LogP contribution in [-0.4, -0.2) is 13.0 Å². The molecule has 86 valence electrons. The molecule has 2 rings (SSSR count). The first-order chi connectivity index (χ1) is 7.48. The van der Waals surface area contributed by atoms with Gasteiger partial charge in [0.15, 0.2) is 0 Å². The van der Waals surface area contributed by atoms with E-state index in [4.69, 9.17) is 10.5 Å². The second-order valence-electron chi connectivity index (χ2n) is 4.95. The van der Waals surface area contributed by atoms with Crippen molar-refractivity contribution >= 4 is 5.91 Å². The molecule has 16 heavy (non-hydrogen) atoms. The smallest absolute Gasteiger partial charge is 0.221 e. The van der Waals surface area contributed by atoms with E-state index in [9.17, 15) is 4.79 Å². The summed E-state index contributed by atoms with van der Waals surface area (Å²) in [6.45, 7) is 4.16. The van der Waals surface area contributed by atoms with Gasteiger partial charge in [0.05, 0.1) is 13.0 Å². The van der Waals surface area contributed by atoms with Crippen molar-refractivity contribution in [2.24, 2.45) is 17.1 Å². The molecule has 1 amide bonds. The number of ether oxygens (including phenoxy) is 1. The summed E-state index contributed by atoms with van der Waals surface area (Å²) >= 11 is 0. The number of benzene rings is 1. The molecule has 0 spiro atoms. The average molecular weight is 219 g/mol. The lowest BCUT2D eigenvalue weighted by molar-refractivity contribution is -0.119. The van der Waals surface area contributed by atoms with E-state index in [0.717, 1.165) is 11.3 Å². The van der Waals surface area contributed by atoms with E-state index in [0.29, 0.717) is 0 Å². The van der Waals surface area contributed by atoms with Crippen LogP contribution in [0.1, 0.15) is 25.3 Å². The third-order valence-corrected chi connectivity index (χ3v) is 3.61. The molecule has 1 saturated carbocycles. The quantitative estimate of drug-likeness (QED) is 0.844. The van der Waals surface area contributed by atoms with Gasteiger partial charge in [-0.05, 0) is 23.1 Å². The molecule has 1 aliphatic carbocycles. The van der Waals surface area contributed by atoms with Gasteiger partial charge in [-0.2, -0.15) is 0 Å². The third kappa shape index (κ3) is 1.56. The first kappa shape index (κ1) is 11.0. The van der Waals surface area contributed by atoms with Gasteiger partial charge in [-0.1, -0.05) is 26.0 Å². The predicted octanol–water partition coefficient (Wildman–Crippen LogP) is 1.92. The Bertz CT molecular complexity index is 408. The molecule has 2 N–H and O–H groups in total. The van der Waals surface area contributed by atoms with Crippen LogP contribution in [0.25, 0.3) is 0 Å². The Balaban J connectivity index is 2.23. The van der Waals surface area contributed by atoms with E-state index in [1.54, 1.807) is 7.11 Å². The Kier molecular flexibility index (Phi) is 2.41. The van der Waals surface area contributed by atoms with Crippen molar-refractivity contribution in [3.63, 3.8) is 0 Å². The number of primary amides is 1. The maximum Gasteiger partial charge on any atom is 0.221 e. The van der Waals surface area contributed by atoms with Gasteiger partial charge in [0, 0.05) is 5.92 Å².